The smallest absolute Gasteiger partial charge is 0.377 e. The molecule has 0 spiro atoms. The summed E-state index contributed by atoms with van der Waals surface area (Å²) in [5, 5.41) is 9.11. The highest BCUT2D eigenvalue weighted by Crippen LogP contribution is 2.50. The first-order valence-corrected chi connectivity index (χ1v) is 5.68. The van der Waals surface area contributed by atoms with Crippen molar-refractivity contribution >= 4 is 5.97 Å². The van der Waals surface area contributed by atoms with Crippen LogP contribution in [0, 0.1) is 0 Å². The minimum Gasteiger partial charge on any atom is -0.460 e. The molecule has 0 fully saturated rings. The Morgan fingerprint density at radius 3 is 2.09 bits per heavy atom. The second kappa shape index (κ2) is 7.25. The van der Waals surface area contributed by atoms with Gasteiger partial charge in [-0.2, -0.15) is 26.3 Å². The maximum absolute atomic E-state index is 13.1. The molecule has 22 heavy (non-hydrogen) atoms. The van der Waals surface area contributed by atoms with Gasteiger partial charge < -0.3 is 9.84 Å². The van der Waals surface area contributed by atoms with Crippen LogP contribution in [0.5, 0.6) is 0 Å². The van der Waals surface area contributed by atoms with Crippen molar-refractivity contribution in [3.8, 4) is 0 Å². The van der Waals surface area contributed by atoms with Crippen molar-refractivity contribution in [2.45, 2.75) is 43.1 Å². The van der Waals surface area contributed by atoms with Gasteiger partial charge in [0, 0.05) is 12.5 Å². The molecule has 0 saturated heterocycles. The van der Waals surface area contributed by atoms with E-state index < -0.39 is 55.7 Å². The molecule has 0 heterocycles. The molecule has 11 heteroatoms. The summed E-state index contributed by atoms with van der Waals surface area (Å²) < 4.78 is 105. The monoisotopic (exact) mass is 344 g/mol. The van der Waals surface area contributed by atoms with E-state index in [1.807, 2.05) is 0 Å². The van der Waals surface area contributed by atoms with Crippen LogP contribution in [0.15, 0.2) is 12.7 Å². The van der Waals surface area contributed by atoms with Crippen LogP contribution in [0.4, 0.5) is 35.1 Å². The third kappa shape index (κ3) is 4.55. The number of carbonyl (C=O) groups excluding carboxylic acids is 1. The van der Waals surface area contributed by atoms with Crippen LogP contribution in [0.25, 0.3) is 0 Å². The van der Waals surface area contributed by atoms with Crippen molar-refractivity contribution in [2.75, 3.05) is 6.61 Å². The van der Waals surface area contributed by atoms with E-state index in [0.717, 1.165) is 0 Å². The fourth-order valence-electron chi connectivity index (χ4n) is 1.21. The molecule has 130 valence electrons. The summed E-state index contributed by atoms with van der Waals surface area (Å²) >= 11 is 0. The number of alkyl halides is 8. The SMILES string of the molecule is C=CC(=O)OCC(O)CCC(F)(F)C(F)(F)C(F)(F)C(F)F. The molecule has 0 aromatic rings. The van der Waals surface area contributed by atoms with Gasteiger partial charge in [-0.15, -0.1) is 0 Å². The summed E-state index contributed by atoms with van der Waals surface area (Å²) in [5.74, 6) is -19.1. The molecule has 1 unspecified atom stereocenters. The minimum absolute atomic E-state index is 0.665. The lowest BCUT2D eigenvalue weighted by Crippen LogP contribution is -2.57. The van der Waals surface area contributed by atoms with E-state index in [9.17, 15) is 39.9 Å². The summed E-state index contributed by atoms with van der Waals surface area (Å²) in [6.07, 6.45) is -9.40. The first-order chi connectivity index (χ1) is 9.79. The number of rotatable bonds is 9. The molecule has 0 aliphatic carbocycles. The van der Waals surface area contributed by atoms with Crippen LogP contribution in [0.2, 0.25) is 0 Å². The van der Waals surface area contributed by atoms with Crippen molar-refractivity contribution < 1.29 is 49.8 Å². The standard InChI is InChI=1S/C11H12F8O3/c1-2-7(21)22-5-6(20)3-4-9(14,15)11(18,19)10(16,17)8(12)13/h2,6,8,20H,1,3-5H2. The molecule has 0 amide bonds. The molecule has 1 N–H and O–H groups in total. The van der Waals surface area contributed by atoms with Crippen molar-refractivity contribution in [1.29, 1.82) is 0 Å². The molecular weight excluding hydrogens is 332 g/mol. The predicted octanol–water partition coefficient (Wildman–Crippen LogP) is 3.03. The maximum atomic E-state index is 13.1. The molecule has 1 atom stereocenters. The van der Waals surface area contributed by atoms with Crippen molar-refractivity contribution in [1.82, 2.24) is 0 Å². The van der Waals surface area contributed by atoms with E-state index in [-0.39, 0.29) is 0 Å². The molecule has 0 saturated carbocycles. The summed E-state index contributed by atoms with van der Waals surface area (Å²) in [5.41, 5.74) is 0. The average molecular weight is 344 g/mol. The van der Waals surface area contributed by atoms with Gasteiger partial charge in [0.1, 0.15) is 6.61 Å². The third-order valence-corrected chi connectivity index (χ3v) is 2.53. The number of aliphatic hydroxyl groups excluding tert-OH is 1. The minimum atomic E-state index is -6.31. The number of ether oxygens (including phenoxy) is 1. The van der Waals surface area contributed by atoms with Crippen LogP contribution >= 0.6 is 0 Å². The highest BCUT2D eigenvalue weighted by molar-refractivity contribution is 5.81. The number of aliphatic hydroxyl groups is 1. The molecule has 0 aromatic carbocycles. The Hall–Kier alpha value is -1.39. The van der Waals surface area contributed by atoms with Crippen LogP contribution < -0.4 is 0 Å². The van der Waals surface area contributed by atoms with Crippen molar-refractivity contribution in [2.24, 2.45) is 0 Å². The van der Waals surface area contributed by atoms with E-state index in [4.69, 9.17) is 5.11 Å². The van der Waals surface area contributed by atoms with Gasteiger partial charge in [-0.05, 0) is 6.42 Å². The number of halogens is 8. The summed E-state index contributed by atoms with van der Waals surface area (Å²) in [7, 11) is 0. The number of hydrogen-bond donors (Lipinski definition) is 1. The molecule has 0 radical (unpaired) electrons. The zero-order chi connectivity index (χ0) is 17.8. The van der Waals surface area contributed by atoms with Gasteiger partial charge >= 0.3 is 30.2 Å². The Morgan fingerprint density at radius 1 is 1.18 bits per heavy atom. The largest absolute Gasteiger partial charge is 0.460 e. The van der Waals surface area contributed by atoms with Gasteiger partial charge in [-0.25, -0.2) is 13.6 Å². The zero-order valence-corrected chi connectivity index (χ0v) is 10.8. The fraction of sp³-hybridized carbons (Fsp3) is 0.727. The summed E-state index contributed by atoms with van der Waals surface area (Å²) in [4.78, 5) is 10.6. The van der Waals surface area contributed by atoms with Gasteiger partial charge in [-0.3, -0.25) is 0 Å². The van der Waals surface area contributed by atoms with Gasteiger partial charge in [0.2, 0.25) is 0 Å². The van der Waals surface area contributed by atoms with Gasteiger partial charge in [-0.1, -0.05) is 6.58 Å². The molecule has 0 aliphatic rings. The predicted molar refractivity (Wildman–Crippen MR) is 57.2 cm³/mol. The van der Waals surface area contributed by atoms with E-state index in [1.54, 1.807) is 0 Å². The highest BCUT2D eigenvalue weighted by Gasteiger charge is 2.74. The van der Waals surface area contributed by atoms with Crippen LogP contribution in [-0.4, -0.2) is 48.0 Å². The third-order valence-electron chi connectivity index (χ3n) is 2.53. The second-order valence-corrected chi connectivity index (χ2v) is 4.23. The quantitative estimate of drug-likeness (QED) is 0.397. The number of hydrogen-bond acceptors (Lipinski definition) is 3. The lowest BCUT2D eigenvalue weighted by molar-refractivity contribution is -0.340. The lowest BCUT2D eigenvalue weighted by atomic mass is 9.99. The fourth-order valence-corrected chi connectivity index (χ4v) is 1.21. The highest BCUT2D eigenvalue weighted by atomic mass is 19.4. The summed E-state index contributed by atoms with van der Waals surface area (Å²) in [6, 6.07) is 0. The summed E-state index contributed by atoms with van der Waals surface area (Å²) in [6.45, 7) is 2.09. The van der Waals surface area contributed by atoms with Gasteiger partial charge in [0.15, 0.2) is 0 Å². The van der Waals surface area contributed by atoms with Crippen LogP contribution in [0.3, 0.4) is 0 Å². The lowest BCUT2D eigenvalue weighted by Gasteiger charge is -2.32. The number of esters is 1. The first-order valence-electron chi connectivity index (χ1n) is 5.68. The Labute approximate surface area is 119 Å². The normalized spacial score (nSPS) is 14.8. The van der Waals surface area contributed by atoms with Crippen molar-refractivity contribution in [3.05, 3.63) is 12.7 Å². The van der Waals surface area contributed by atoms with Gasteiger partial charge in [0.25, 0.3) is 0 Å². The Balaban J connectivity index is 4.75. The molecule has 3 nitrogen and oxygen atoms in total. The zero-order valence-electron chi connectivity index (χ0n) is 10.8. The van der Waals surface area contributed by atoms with E-state index >= 15 is 0 Å². The Morgan fingerprint density at radius 2 is 1.68 bits per heavy atom. The Bertz CT molecular complexity index is 397. The van der Waals surface area contributed by atoms with E-state index in [0.29, 0.717) is 6.08 Å². The topological polar surface area (TPSA) is 46.5 Å². The second-order valence-electron chi connectivity index (χ2n) is 4.23. The molecule has 0 aliphatic heterocycles. The molecule has 0 bridgehead atoms. The van der Waals surface area contributed by atoms with Crippen LogP contribution in [0.1, 0.15) is 12.8 Å². The Kier molecular flexibility index (Phi) is 6.79. The van der Waals surface area contributed by atoms with Gasteiger partial charge in [0.05, 0.1) is 6.10 Å². The molecule has 0 aromatic heterocycles. The first kappa shape index (κ1) is 20.6. The van der Waals surface area contributed by atoms with Crippen LogP contribution in [-0.2, 0) is 9.53 Å². The van der Waals surface area contributed by atoms with Crippen molar-refractivity contribution in [3.63, 3.8) is 0 Å². The average Bonchev–Trinajstić information content (AvgIpc) is 2.41. The van der Waals surface area contributed by atoms with E-state index in [2.05, 4.69) is 11.3 Å². The maximum Gasteiger partial charge on any atom is 0.377 e. The molecule has 0 rings (SSSR count). The molecular formula is C11H12F8O3. The van der Waals surface area contributed by atoms with E-state index in [1.165, 1.54) is 0 Å². The number of carbonyl (C=O) groups is 1.